The molecule has 0 unspecified atom stereocenters. The van der Waals surface area contributed by atoms with Crippen molar-refractivity contribution in [2.75, 3.05) is 19.6 Å². The molecule has 0 heterocycles. The van der Waals surface area contributed by atoms with Gasteiger partial charge < -0.3 is 19.7 Å². The van der Waals surface area contributed by atoms with Crippen LogP contribution in [0.2, 0.25) is 0 Å². The second-order valence-corrected chi connectivity index (χ2v) is 6.41. The molecule has 3 aromatic rings. The van der Waals surface area contributed by atoms with Crippen LogP contribution in [0.4, 0.5) is 22.7 Å². The number of para-hydroxylation sites is 1. The van der Waals surface area contributed by atoms with Crippen molar-refractivity contribution >= 4 is 34.7 Å². The highest BCUT2D eigenvalue weighted by Crippen LogP contribution is 2.32. The van der Waals surface area contributed by atoms with E-state index in [0.717, 1.165) is 6.07 Å². The summed E-state index contributed by atoms with van der Waals surface area (Å²) in [6, 6.07) is 15.4. The number of benzene rings is 3. The predicted octanol–water partition coefficient (Wildman–Crippen LogP) is 5.63. The maximum absolute atomic E-state index is 11.4. The molecule has 3 N–H and O–H groups in total. The molecular weight excluding hydrogens is 430 g/mol. The van der Waals surface area contributed by atoms with Gasteiger partial charge >= 0.3 is 11.9 Å². The lowest BCUT2D eigenvalue weighted by atomic mass is 10.1. The van der Waals surface area contributed by atoms with Crippen molar-refractivity contribution in [3.8, 4) is 11.5 Å². The van der Waals surface area contributed by atoms with Crippen molar-refractivity contribution in [2.24, 2.45) is 20.6 Å². The maximum Gasteiger partial charge on any atom is 0.337 e. The Bertz CT molecular complexity index is 1240. The molecule has 0 atom stereocenters. The van der Waals surface area contributed by atoms with E-state index in [4.69, 9.17) is 14.6 Å². The van der Waals surface area contributed by atoms with Gasteiger partial charge in [0.05, 0.1) is 36.7 Å². The summed E-state index contributed by atoms with van der Waals surface area (Å²) in [5, 5.41) is 34.4. The lowest BCUT2D eigenvalue weighted by molar-refractivity contribution is 0.0682. The number of carboxylic acid groups (broad SMARTS) is 2. The lowest BCUT2D eigenvalue weighted by Gasteiger charge is -2.08. The number of nitrogens with zero attached hydrogens (tertiary/aromatic N) is 4. The van der Waals surface area contributed by atoms with Crippen molar-refractivity contribution in [1.82, 2.24) is 0 Å². The first kappa shape index (κ1) is 22.9. The van der Waals surface area contributed by atoms with Crippen LogP contribution in [0.3, 0.4) is 0 Å². The first-order valence-corrected chi connectivity index (χ1v) is 9.43. The molecule has 0 saturated heterocycles. The molecule has 11 nitrogen and oxygen atoms in total. The molecule has 0 spiro atoms. The Balaban J connectivity index is 1.82. The molecule has 11 heteroatoms. The summed E-state index contributed by atoms with van der Waals surface area (Å²) in [6.45, 7) is 0. The van der Waals surface area contributed by atoms with Crippen LogP contribution in [0, 0.1) is 0 Å². The normalized spacial score (nSPS) is 11.0. The van der Waals surface area contributed by atoms with Gasteiger partial charge in [0.1, 0.15) is 22.9 Å². The lowest BCUT2D eigenvalue weighted by Crippen LogP contribution is -2.00. The van der Waals surface area contributed by atoms with E-state index in [-0.39, 0.29) is 16.8 Å². The highest BCUT2D eigenvalue weighted by molar-refractivity contribution is 5.96. The third-order valence-corrected chi connectivity index (χ3v) is 4.35. The summed E-state index contributed by atoms with van der Waals surface area (Å²) in [7, 11) is 2.99. The molecule has 0 aliphatic carbocycles. The minimum absolute atomic E-state index is 0.0887. The highest BCUT2D eigenvalue weighted by atomic mass is 16.5. The van der Waals surface area contributed by atoms with Crippen molar-refractivity contribution in [3.05, 3.63) is 71.8 Å². The average Bonchev–Trinajstić information content (AvgIpc) is 2.83. The number of aromatic carboxylic acids is 2. The SMILES string of the molecule is COc1ccccc1/N=N/Nc1ccc(/N=N/c2cc(C(=O)O)ccc2C(=O)O)cc1OC. The first-order valence-electron chi connectivity index (χ1n) is 9.43. The number of azo groups is 1. The topological polar surface area (TPSA) is 155 Å². The van der Waals surface area contributed by atoms with Crippen LogP contribution in [-0.4, -0.2) is 36.4 Å². The van der Waals surface area contributed by atoms with Crippen LogP contribution < -0.4 is 14.9 Å². The number of anilines is 1. The third-order valence-electron chi connectivity index (χ3n) is 4.35. The van der Waals surface area contributed by atoms with Gasteiger partial charge in [-0.2, -0.15) is 5.11 Å². The number of ether oxygens (including phenoxy) is 2. The summed E-state index contributed by atoms with van der Waals surface area (Å²) in [5.41, 5.74) is 3.78. The molecule has 0 bridgehead atoms. The Morgan fingerprint density at radius 2 is 1.55 bits per heavy atom. The molecular formula is C22H19N5O6. The molecule has 0 fully saturated rings. The van der Waals surface area contributed by atoms with Gasteiger partial charge in [-0.05, 0) is 42.5 Å². The van der Waals surface area contributed by atoms with Crippen LogP contribution in [-0.2, 0) is 0 Å². The van der Waals surface area contributed by atoms with Gasteiger partial charge in [-0.25, -0.2) is 9.59 Å². The van der Waals surface area contributed by atoms with E-state index in [9.17, 15) is 14.7 Å². The van der Waals surface area contributed by atoms with E-state index in [2.05, 4.69) is 26.0 Å². The molecule has 3 rings (SSSR count). The van der Waals surface area contributed by atoms with Gasteiger partial charge in [0.25, 0.3) is 0 Å². The van der Waals surface area contributed by atoms with Gasteiger partial charge in [0, 0.05) is 6.07 Å². The molecule has 0 aliphatic rings. The van der Waals surface area contributed by atoms with Crippen LogP contribution in [0.25, 0.3) is 0 Å². The summed E-state index contributed by atoms with van der Waals surface area (Å²) in [6.07, 6.45) is 0. The van der Waals surface area contributed by atoms with Crippen LogP contribution in [0.1, 0.15) is 20.7 Å². The first-order chi connectivity index (χ1) is 15.9. The minimum Gasteiger partial charge on any atom is -0.494 e. The molecule has 168 valence electrons. The van der Waals surface area contributed by atoms with Gasteiger partial charge in [-0.1, -0.05) is 17.4 Å². The zero-order chi connectivity index (χ0) is 23.8. The van der Waals surface area contributed by atoms with Gasteiger partial charge in [0.15, 0.2) is 0 Å². The molecule has 0 saturated carbocycles. The second-order valence-electron chi connectivity index (χ2n) is 6.41. The summed E-state index contributed by atoms with van der Waals surface area (Å²) >= 11 is 0. The van der Waals surface area contributed by atoms with Crippen molar-refractivity contribution in [3.63, 3.8) is 0 Å². The van der Waals surface area contributed by atoms with Crippen molar-refractivity contribution < 1.29 is 29.3 Å². The molecule has 3 aromatic carbocycles. The number of carbonyl (C=O) groups is 2. The number of nitrogens with one attached hydrogen (secondary N) is 1. The van der Waals surface area contributed by atoms with Crippen LogP contribution >= 0.6 is 0 Å². The standard InChI is InChI=1S/C22H19N5O6/c1-32-19-6-4-3-5-16(19)25-27-26-17-10-8-14(12-20(17)33-2)23-24-18-11-13(21(28)29)7-9-15(18)22(30)31/h3-12H,1-2H3,(H,25,26)(H,28,29)(H,30,31)/b24-23+. The van der Waals surface area contributed by atoms with Crippen LogP contribution in [0.5, 0.6) is 11.5 Å². The Hall–Kier alpha value is -4.80. The smallest absolute Gasteiger partial charge is 0.337 e. The van der Waals surface area contributed by atoms with Crippen LogP contribution in [0.15, 0.2) is 81.2 Å². The van der Waals surface area contributed by atoms with Crippen molar-refractivity contribution in [1.29, 1.82) is 0 Å². The number of carboxylic acids is 2. The quantitative estimate of drug-likeness (QED) is 0.282. The Morgan fingerprint density at radius 1 is 0.788 bits per heavy atom. The summed E-state index contributed by atoms with van der Waals surface area (Å²) in [5.74, 6) is -1.51. The monoisotopic (exact) mass is 449 g/mol. The number of hydrogen-bond donors (Lipinski definition) is 3. The Labute approximate surface area is 188 Å². The highest BCUT2D eigenvalue weighted by Gasteiger charge is 2.13. The Morgan fingerprint density at radius 3 is 2.24 bits per heavy atom. The molecule has 33 heavy (non-hydrogen) atoms. The molecule has 0 aliphatic heterocycles. The fraction of sp³-hybridized carbons (Fsp3) is 0.0909. The fourth-order valence-electron chi connectivity index (χ4n) is 2.72. The largest absolute Gasteiger partial charge is 0.494 e. The Kier molecular flexibility index (Phi) is 7.27. The van der Waals surface area contributed by atoms with Gasteiger partial charge in [0.2, 0.25) is 0 Å². The zero-order valence-corrected chi connectivity index (χ0v) is 17.6. The van der Waals surface area contributed by atoms with Gasteiger partial charge in [-0.15, -0.1) is 10.2 Å². The third kappa shape index (κ3) is 5.67. The van der Waals surface area contributed by atoms with E-state index in [1.165, 1.54) is 26.4 Å². The minimum atomic E-state index is -1.25. The number of methoxy groups -OCH3 is 2. The van der Waals surface area contributed by atoms with E-state index in [1.807, 2.05) is 6.07 Å². The van der Waals surface area contributed by atoms with E-state index >= 15 is 0 Å². The maximum atomic E-state index is 11.4. The van der Waals surface area contributed by atoms with Gasteiger partial charge in [-0.3, -0.25) is 5.43 Å². The van der Waals surface area contributed by atoms with E-state index in [1.54, 1.807) is 36.4 Å². The summed E-state index contributed by atoms with van der Waals surface area (Å²) < 4.78 is 10.6. The van der Waals surface area contributed by atoms with E-state index < -0.39 is 11.9 Å². The molecule has 0 amide bonds. The number of hydrogen-bond acceptors (Lipinski definition) is 8. The van der Waals surface area contributed by atoms with E-state index in [0.29, 0.717) is 28.6 Å². The molecule has 0 radical (unpaired) electrons. The molecule has 0 aromatic heterocycles. The summed E-state index contributed by atoms with van der Waals surface area (Å²) in [4.78, 5) is 22.6. The predicted molar refractivity (Wildman–Crippen MR) is 119 cm³/mol. The zero-order valence-electron chi connectivity index (χ0n) is 17.6. The fourth-order valence-corrected chi connectivity index (χ4v) is 2.72. The van der Waals surface area contributed by atoms with Crippen molar-refractivity contribution in [2.45, 2.75) is 0 Å². The average molecular weight is 449 g/mol. The number of rotatable bonds is 9. The second kappa shape index (κ2) is 10.5.